The molecule has 2 aromatic heterocycles. The second-order valence-electron chi connectivity index (χ2n) is 9.18. The molecule has 1 saturated carbocycles. The smallest absolute Gasteiger partial charge is 0.275 e. The van der Waals surface area contributed by atoms with Gasteiger partial charge in [0.15, 0.2) is 12.1 Å². The van der Waals surface area contributed by atoms with Gasteiger partial charge in [-0.3, -0.25) is 19.3 Å². The van der Waals surface area contributed by atoms with Crippen LogP contribution in [0.25, 0.3) is 10.4 Å². The van der Waals surface area contributed by atoms with Gasteiger partial charge in [0.05, 0.1) is 16.4 Å². The predicted molar refractivity (Wildman–Crippen MR) is 138 cm³/mol. The molecule has 0 spiro atoms. The van der Waals surface area contributed by atoms with Crippen LogP contribution >= 0.6 is 22.7 Å². The molecular weight excluding hydrogens is 466 g/mol. The Bertz CT molecular complexity index is 1140. The van der Waals surface area contributed by atoms with Crippen LogP contribution in [0, 0.1) is 11.8 Å². The van der Waals surface area contributed by atoms with E-state index in [4.69, 9.17) is 0 Å². The molecule has 178 valence electrons. The molecule has 4 rings (SSSR count). The summed E-state index contributed by atoms with van der Waals surface area (Å²) in [4.78, 5) is 45.2. The van der Waals surface area contributed by atoms with E-state index in [1.54, 1.807) is 10.9 Å². The molecule has 1 unspecified atom stereocenters. The first-order chi connectivity index (χ1) is 16.4. The van der Waals surface area contributed by atoms with Crippen molar-refractivity contribution in [3.8, 4) is 10.4 Å². The molecule has 1 amide bonds. The van der Waals surface area contributed by atoms with Gasteiger partial charge in [-0.15, -0.1) is 22.7 Å². The van der Waals surface area contributed by atoms with Crippen LogP contribution in [0.1, 0.15) is 64.4 Å². The zero-order valence-corrected chi connectivity index (χ0v) is 21.2. The van der Waals surface area contributed by atoms with Crippen molar-refractivity contribution >= 4 is 46.3 Å². The third-order valence-corrected chi connectivity index (χ3v) is 8.20. The topological polar surface area (TPSA) is 79.4 Å². The van der Waals surface area contributed by atoms with E-state index in [-0.39, 0.29) is 17.6 Å². The molecule has 1 N–H and O–H groups in total. The van der Waals surface area contributed by atoms with E-state index in [2.05, 4.69) is 17.2 Å². The number of rotatable bonds is 8. The summed E-state index contributed by atoms with van der Waals surface area (Å²) in [6.45, 7) is 2.25. The van der Waals surface area contributed by atoms with Crippen molar-refractivity contribution in [2.45, 2.75) is 38.6 Å². The first-order valence-electron chi connectivity index (χ1n) is 11.5. The van der Waals surface area contributed by atoms with Gasteiger partial charge in [0.1, 0.15) is 5.69 Å². The Morgan fingerprint density at radius 2 is 1.85 bits per heavy atom. The lowest BCUT2D eigenvalue weighted by molar-refractivity contribution is -0.128. The van der Waals surface area contributed by atoms with Crippen LogP contribution in [-0.4, -0.2) is 42.0 Å². The van der Waals surface area contributed by atoms with E-state index in [1.165, 1.54) is 22.7 Å². The molecule has 0 radical (unpaired) electrons. The highest BCUT2D eigenvalue weighted by Crippen LogP contribution is 2.39. The number of hydrogen-bond acceptors (Lipinski definition) is 7. The van der Waals surface area contributed by atoms with Crippen molar-refractivity contribution < 1.29 is 14.4 Å². The number of carbonyl (C=O) groups excluding carboxylic acids is 3. The predicted octanol–water partition coefficient (Wildman–Crippen LogP) is 5.93. The fourth-order valence-corrected chi connectivity index (χ4v) is 6.10. The maximum Gasteiger partial charge on any atom is 0.275 e. The maximum absolute atomic E-state index is 13.5. The number of Topliss-reactive ketones (excluding diaryl/α,β-unsaturated/α-hetero) is 1. The molecule has 8 heteroatoms. The lowest BCUT2D eigenvalue weighted by Crippen LogP contribution is -2.34. The Hall–Kier alpha value is -2.68. The van der Waals surface area contributed by atoms with Gasteiger partial charge in [-0.25, -0.2) is 4.98 Å². The van der Waals surface area contributed by atoms with Crippen LogP contribution in [0.4, 0.5) is 5.69 Å². The maximum atomic E-state index is 13.5. The molecule has 2 heterocycles. The van der Waals surface area contributed by atoms with E-state index in [9.17, 15) is 14.4 Å². The average molecular weight is 496 g/mol. The number of thiazole rings is 1. The fourth-order valence-electron chi connectivity index (χ4n) is 4.56. The number of nitrogens with one attached hydrogen (secondary N) is 1. The first-order valence-corrected chi connectivity index (χ1v) is 13.2. The monoisotopic (exact) mass is 495 g/mol. The number of ketones is 1. The van der Waals surface area contributed by atoms with Gasteiger partial charge in [-0.1, -0.05) is 31.9 Å². The van der Waals surface area contributed by atoms with Crippen LogP contribution < -0.4 is 5.32 Å². The number of carbonyl (C=O) groups is 3. The minimum Gasteiger partial charge on any atom is -0.321 e. The summed E-state index contributed by atoms with van der Waals surface area (Å²) in [6, 6.07) is 9.03. The highest BCUT2D eigenvalue weighted by atomic mass is 32.1. The van der Waals surface area contributed by atoms with Crippen molar-refractivity contribution in [2.24, 2.45) is 11.8 Å². The van der Waals surface area contributed by atoms with Gasteiger partial charge in [0, 0.05) is 21.9 Å². The molecule has 1 aliphatic carbocycles. The summed E-state index contributed by atoms with van der Waals surface area (Å²) in [5.74, 6) is 0.686. The zero-order chi connectivity index (χ0) is 24.2. The molecule has 1 aliphatic rings. The number of hydrogen-bond donors (Lipinski definition) is 1. The van der Waals surface area contributed by atoms with Crippen LogP contribution in [-0.2, 0) is 4.79 Å². The standard InChI is InChI=1S/C26H29N3O3S2/c1-16-4-6-18(7-5-16)25(31)24(29(2)3)20-12-22(34-23(20)13-30)17-8-10-19(11-9-17)28-26(32)21-14-33-15-27-21/h8-16,18,24H,4-7H2,1-3H3,(H,28,32). The van der Waals surface area contributed by atoms with E-state index < -0.39 is 6.04 Å². The number of likely N-dealkylation sites (N-methyl/N-ethyl adjacent to an activating group) is 1. The first kappa shape index (κ1) is 24.4. The molecule has 34 heavy (non-hydrogen) atoms. The Labute approximate surface area is 208 Å². The summed E-state index contributed by atoms with van der Waals surface area (Å²) in [7, 11) is 3.81. The van der Waals surface area contributed by atoms with Crippen LogP contribution in [0.5, 0.6) is 0 Å². The van der Waals surface area contributed by atoms with Gasteiger partial charge in [-0.2, -0.15) is 0 Å². The normalized spacial score (nSPS) is 19.1. The van der Waals surface area contributed by atoms with Crippen molar-refractivity contribution in [1.82, 2.24) is 9.88 Å². The van der Waals surface area contributed by atoms with E-state index >= 15 is 0 Å². The number of aldehydes is 1. The number of amides is 1. The summed E-state index contributed by atoms with van der Waals surface area (Å²) >= 11 is 2.77. The molecule has 6 nitrogen and oxygen atoms in total. The number of anilines is 1. The van der Waals surface area contributed by atoms with Crippen molar-refractivity contribution in [2.75, 3.05) is 19.4 Å². The zero-order valence-electron chi connectivity index (χ0n) is 19.6. The minimum absolute atomic E-state index is 0.0482. The second-order valence-corrected chi connectivity index (χ2v) is 11.0. The van der Waals surface area contributed by atoms with Crippen LogP contribution in [0.3, 0.4) is 0 Å². The van der Waals surface area contributed by atoms with Crippen LogP contribution in [0.2, 0.25) is 0 Å². The number of thiophene rings is 1. The number of aromatic nitrogens is 1. The molecular formula is C26H29N3O3S2. The summed E-state index contributed by atoms with van der Waals surface area (Å²) in [5, 5.41) is 4.54. The highest BCUT2D eigenvalue weighted by Gasteiger charge is 2.34. The number of nitrogens with zero attached hydrogens (tertiary/aromatic N) is 2. The van der Waals surface area contributed by atoms with Crippen LogP contribution in [0.15, 0.2) is 41.2 Å². The molecule has 3 aromatic rings. The highest BCUT2D eigenvalue weighted by molar-refractivity contribution is 7.17. The molecule has 1 atom stereocenters. The molecule has 1 aromatic carbocycles. The summed E-state index contributed by atoms with van der Waals surface area (Å²) < 4.78 is 0. The summed E-state index contributed by atoms with van der Waals surface area (Å²) in [5.41, 5.74) is 4.39. The SMILES string of the molecule is CC1CCC(C(=O)C(c2cc(-c3ccc(NC(=O)c4cscn4)cc3)sc2C=O)N(C)C)CC1. The quantitative estimate of drug-likeness (QED) is 0.392. The molecule has 0 saturated heterocycles. The fraction of sp³-hybridized carbons (Fsp3) is 0.385. The average Bonchev–Trinajstić information content (AvgIpc) is 3.50. The largest absolute Gasteiger partial charge is 0.321 e. The Kier molecular flexibility index (Phi) is 7.70. The third-order valence-electron chi connectivity index (χ3n) is 6.49. The van der Waals surface area contributed by atoms with Crippen molar-refractivity contribution in [3.63, 3.8) is 0 Å². The second kappa shape index (κ2) is 10.7. The molecule has 1 fully saturated rings. The van der Waals surface area contributed by atoms with Crippen molar-refractivity contribution in [1.29, 1.82) is 0 Å². The summed E-state index contributed by atoms with van der Waals surface area (Å²) in [6.07, 6.45) is 4.87. The Morgan fingerprint density at radius 1 is 1.15 bits per heavy atom. The van der Waals surface area contributed by atoms with Crippen molar-refractivity contribution in [3.05, 3.63) is 57.4 Å². The number of benzene rings is 1. The lowest BCUT2D eigenvalue weighted by atomic mass is 9.78. The lowest BCUT2D eigenvalue weighted by Gasteiger charge is -2.31. The third kappa shape index (κ3) is 5.35. The van der Waals surface area contributed by atoms with E-state index in [1.807, 2.05) is 49.3 Å². The van der Waals surface area contributed by atoms with Gasteiger partial charge in [-0.05, 0) is 62.2 Å². The Morgan fingerprint density at radius 3 is 2.44 bits per heavy atom. The van der Waals surface area contributed by atoms with Gasteiger partial charge in [0.25, 0.3) is 5.91 Å². The van der Waals surface area contributed by atoms with E-state index in [0.29, 0.717) is 22.2 Å². The van der Waals surface area contributed by atoms with Gasteiger partial charge >= 0.3 is 0 Å². The minimum atomic E-state index is -0.430. The Balaban J connectivity index is 1.55. The molecule has 0 bridgehead atoms. The van der Waals surface area contributed by atoms with Gasteiger partial charge < -0.3 is 5.32 Å². The van der Waals surface area contributed by atoms with E-state index in [0.717, 1.165) is 48.0 Å². The van der Waals surface area contributed by atoms with Gasteiger partial charge in [0.2, 0.25) is 0 Å². The molecule has 0 aliphatic heterocycles.